The summed E-state index contributed by atoms with van der Waals surface area (Å²) in [5.41, 5.74) is 2.66. The van der Waals surface area contributed by atoms with Crippen LogP contribution < -0.4 is 4.72 Å². The second-order valence-electron chi connectivity index (χ2n) is 11.5. The number of hydrogen-bond donors (Lipinski definition) is 1. The summed E-state index contributed by atoms with van der Waals surface area (Å²) in [6, 6.07) is 19.7. The number of unbranched alkanes of at least 4 members (excludes halogenated alkanes) is 9. The van der Waals surface area contributed by atoms with E-state index in [1.54, 1.807) is 0 Å². The predicted octanol–water partition coefficient (Wildman–Crippen LogP) is 7.03. The van der Waals surface area contributed by atoms with Gasteiger partial charge in [0.1, 0.15) is 0 Å². The molecule has 0 spiro atoms. The molecule has 5 nitrogen and oxygen atoms in total. The van der Waals surface area contributed by atoms with Gasteiger partial charge in [0.05, 0.1) is 11.8 Å². The first-order chi connectivity index (χ1) is 19.0. The fraction of sp³-hybridized carbons (Fsp3) is 0.625. The number of nitrogens with one attached hydrogen (secondary N) is 1. The van der Waals surface area contributed by atoms with Crippen LogP contribution in [-0.4, -0.2) is 62.7 Å². The van der Waals surface area contributed by atoms with Crippen molar-refractivity contribution in [2.24, 2.45) is 0 Å². The van der Waals surface area contributed by atoms with Gasteiger partial charge in [-0.05, 0) is 55.5 Å². The number of piperazine rings is 1. The van der Waals surface area contributed by atoms with Gasteiger partial charge in [0.25, 0.3) is 0 Å². The van der Waals surface area contributed by atoms with E-state index in [0.717, 1.165) is 63.3 Å². The lowest BCUT2D eigenvalue weighted by Gasteiger charge is -2.40. The minimum absolute atomic E-state index is 0.235. The molecular formula is C32H48ClN3O2S. The van der Waals surface area contributed by atoms with Crippen molar-refractivity contribution in [1.29, 1.82) is 0 Å². The van der Waals surface area contributed by atoms with Crippen LogP contribution in [0.1, 0.15) is 94.2 Å². The highest BCUT2D eigenvalue weighted by Crippen LogP contribution is 2.30. The molecule has 1 saturated carbocycles. The molecule has 1 aliphatic heterocycles. The molecule has 0 radical (unpaired) electrons. The van der Waals surface area contributed by atoms with E-state index in [4.69, 9.17) is 11.6 Å². The van der Waals surface area contributed by atoms with Crippen molar-refractivity contribution in [2.75, 3.05) is 38.5 Å². The van der Waals surface area contributed by atoms with E-state index in [1.807, 2.05) is 12.1 Å². The summed E-state index contributed by atoms with van der Waals surface area (Å²) in [6.45, 7) is 5.66. The average Bonchev–Trinajstić information content (AvgIpc) is 3.75. The lowest BCUT2D eigenvalue weighted by Crippen LogP contribution is -2.48. The number of benzene rings is 2. The quantitative estimate of drug-likeness (QED) is 0.194. The molecule has 2 aromatic carbocycles. The Hall–Kier alpha value is -1.44. The molecular weight excluding hydrogens is 526 g/mol. The second-order valence-corrected chi connectivity index (χ2v) is 13.8. The predicted molar refractivity (Wildman–Crippen MR) is 164 cm³/mol. The highest BCUT2D eigenvalue weighted by Gasteiger charge is 2.27. The topological polar surface area (TPSA) is 52.7 Å². The number of rotatable bonds is 18. The van der Waals surface area contributed by atoms with Gasteiger partial charge in [-0.15, -0.1) is 0 Å². The van der Waals surface area contributed by atoms with Crippen molar-refractivity contribution >= 4 is 21.6 Å². The van der Waals surface area contributed by atoms with E-state index < -0.39 is 10.0 Å². The molecule has 0 aromatic heterocycles. The summed E-state index contributed by atoms with van der Waals surface area (Å²) >= 11 is 6.17. The van der Waals surface area contributed by atoms with E-state index in [9.17, 15) is 8.42 Å². The third-order valence-corrected chi connectivity index (χ3v) is 9.90. The number of sulfonamides is 1. The summed E-state index contributed by atoms with van der Waals surface area (Å²) in [5, 5.41) is 0.789. The maximum Gasteiger partial charge on any atom is 0.211 e. The zero-order chi connectivity index (χ0) is 27.3. The molecule has 2 fully saturated rings. The SMILES string of the molecule is O=S(=O)(CCCCCCCCCCCCN1CCN(C(c2ccccc2)c2ccc(Cl)cc2)CC1)NC1CC1. The molecule has 216 valence electrons. The Morgan fingerprint density at radius 3 is 1.85 bits per heavy atom. The molecule has 0 amide bonds. The molecule has 1 atom stereocenters. The lowest BCUT2D eigenvalue weighted by atomic mass is 9.96. The minimum Gasteiger partial charge on any atom is -0.301 e. The monoisotopic (exact) mass is 573 g/mol. The Kier molecular flexibility index (Phi) is 12.6. The summed E-state index contributed by atoms with van der Waals surface area (Å²) in [7, 11) is -3.03. The fourth-order valence-corrected chi connectivity index (χ4v) is 7.27. The molecule has 1 aliphatic carbocycles. The van der Waals surface area contributed by atoms with Crippen LogP contribution in [0.4, 0.5) is 0 Å². The summed E-state index contributed by atoms with van der Waals surface area (Å²) in [6.07, 6.45) is 14.1. The first kappa shape index (κ1) is 30.5. The highest BCUT2D eigenvalue weighted by atomic mass is 35.5. The standard InChI is InChI=1S/C32H48ClN3O2S/c33-30-18-16-29(17-19-30)32(28-14-10-9-11-15-28)36-25-23-35(24-26-36)22-12-7-5-3-1-2-4-6-8-13-27-39(37,38)34-31-20-21-31/h9-11,14-19,31-32,34H,1-8,12-13,20-27H2. The molecule has 2 aromatic rings. The van der Waals surface area contributed by atoms with Crippen molar-refractivity contribution in [3.8, 4) is 0 Å². The van der Waals surface area contributed by atoms with Gasteiger partial charge in [-0.25, -0.2) is 13.1 Å². The molecule has 1 heterocycles. The van der Waals surface area contributed by atoms with Crippen molar-refractivity contribution in [2.45, 2.75) is 89.1 Å². The summed E-state index contributed by atoms with van der Waals surface area (Å²) in [4.78, 5) is 5.26. The van der Waals surface area contributed by atoms with Crippen LogP contribution in [0.2, 0.25) is 5.02 Å². The Bertz CT molecular complexity index is 1050. The normalized spacial score (nSPS) is 17.9. The van der Waals surface area contributed by atoms with Gasteiger partial charge in [-0.1, -0.05) is 105 Å². The van der Waals surface area contributed by atoms with Crippen LogP contribution in [0.3, 0.4) is 0 Å². The molecule has 1 saturated heterocycles. The van der Waals surface area contributed by atoms with Crippen LogP contribution in [0.5, 0.6) is 0 Å². The van der Waals surface area contributed by atoms with Crippen LogP contribution in [-0.2, 0) is 10.0 Å². The fourth-order valence-electron chi connectivity index (χ4n) is 5.70. The molecule has 2 aliphatic rings. The minimum atomic E-state index is -3.03. The van der Waals surface area contributed by atoms with Crippen molar-refractivity contribution in [1.82, 2.24) is 14.5 Å². The number of nitrogens with zero attached hydrogens (tertiary/aromatic N) is 2. The Morgan fingerprint density at radius 2 is 1.26 bits per heavy atom. The highest BCUT2D eigenvalue weighted by molar-refractivity contribution is 7.89. The van der Waals surface area contributed by atoms with E-state index >= 15 is 0 Å². The molecule has 1 N–H and O–H groups in total. The van der Waals surface area contributed by atoms with Crippen molar-refractivity contribution < 1.29 is 8.42 Å². The third kappa shape index (κ3) is 11.2. The van der Waals surface area contributed by atoms with E-state index in [1.165, 1.54) is 62.6 Å². The second kappa shape index (κ2) is 16.1. The van der Waals surface area contributed by atoms with E-state index in [2.05, 4.69) is 57.0 Å². The largest absolute Gasteiger partial charge is 0.301 e. The molecule has 1 unspecified atom stereocenters. The van der Waals surface area contributed by atoms with Gasteiger partial charge >= 0.3 is 0 Å². The summed E-state index contributed by atoms with van der Waals surface area (Å²) < 4.78 is 26.5. The number of halogens is 1. The number of hydrogen-bond acceptors (Lipinski definition) is 4. The first-order valence-electron chi connectivity index (χ1n) is 15.3. The van der Waals surface area contributed by atoms with Crippen LogP contribution in [0.15, 0.2) is 54.6 Å². The van der Waals surface area contributed by atoms with E-state index in [-0.39, 0.29) is 12.1 Å². The zero-order valence-electron chi connectivity index (χ0n) is 23.6. The first-order valence-corrected chi connectivity index (χ1v) is 17.3. The molecule has 4 rings (SSSR count). The van der Waals surface area contributed by atoms with Gasteiger partial charge in [-0.3, -0.25) is 4.90 Å². The third-order valence-electron chi connectivity index (χ3n) is 8.13. The lowest BCUT2D eigenvalue weighted by molar-refractivity contribution is 0.108. The van der Waals surface area contributed by atoms with Gasteiger partial charge in [0.2, 0.25) is 10.0 Å². The summed E-state index contributed by atoms with van der Waals surface area (Å²) in [5.74, 6) is 0.300. The Morgan fingerprint density at radius 1 is 0.718 bits per heavy atom. The smallest absolute Gasteiger partial charge is 0.211 e. The molecule has 7 heteroatoms. The maximum absolute atomic E-state index is 11.9. The Balaban J connectivity index is 1.03. The van der Waals surface area contributed by atoms with Gasteiger partial charge in [0, 0.05) is 37.2 Å². The van der Waals surface area contributed by atoms with E-state index in [0.29, 0.717) is 5.75 Å². The van der Waals surface area contributed by atoms with Crippen molar-refractivity contribution in [3.63, 3.8) is 0 Å². The molecule has 39 heavy (non-hydrogen) atoms. The molecule has 0 bridgehead atoms. The maximum atomic E-state index is 11.9. The van der Waals surface area contributed by atoms with Crippen LogP contribution in [0, 0.1) is 0 Å². The van der Waals surface area contributed by atoms with Crippen LogP contribution in [0.25, 0.3) is 0 Å². The zero-order valence-corrected chi connectivity index (χ0v) is 25.1. The Labute approximate surface area is 242 Å². The van der Waals surface area contributed by atoms with Gasteiger partial charge in [0.15, 0.2) is 0 Å². The average molecular weight is 574 g/mol. The van der Waals surface area contributed by atoms with Crippen molar-refractivity contribution in [3.05, 3.63) is 70.7 Å². The van der Waals surface area contributed by atoms with Gasteiger partial charge < -0.3 is 4.90 Å². The van der Waals surface area contributed by atoms with Crippen LogP contribution >= 0.6 is 11.6 Å². The van der Waals surface area contributed by atoms with Gasteiger partial charge in [-0.2, -0.15) is 0 Å².